The van der Waals surface area contributed by atoms with Crippen molar-refractivity contribution in [3.63, 3.8) is 0 Å². The van der Waals surface area contributed by atoms with E-state index in [4.69, 9.17) is 11.6 Å². The summed E-state index contributed by atoms with van der Waals surface area (Å²) in [5.74, 6) is 0. The van der Waals surface area contributed by atoms with Crippen LogP contribution in [0.4, 0.5) is 10.5 Å². The number of hydrogen-bond donors (Lipinski definition) is 1. The minimum absolute atomic E-state index is 0.409. The third kappa shape index (κ3) is 2.90. The fourth-order valence-corrected chi connectivity index (χ4v) is 3.27. The first-order valence-corrected chi connectivity index (χ1v) is 8.50. The summed E-state index contributed by atoms with van der Waals surface area (Å²) in [5, 5.41) is 4.86. The van der Waals surface area contributed by atoms with E-state index in [0.717, 1.165) is 17.1 Å². The first kappa shape index (κ1) is 17.1. The smallest absolute Gasteiger partial charge is 0.411 e. The van der Waals surface area contributed by atoms with Crippen LogP contribution in [0.25, 0.3) is 27.7 Å². The number of imidazole rings is 1. The first-order chi connectivity index (χ1) is 13.1. The molecule has 0 spiro atoms. The van der Waals surface area contributed by atoms with Gasteiger partial charge in [0.15, 0.2) is 6.29 Å². The van der Waals surface area contributed by atoms with E-state index in [1.54, 1.807) is 28.8 Å². The molecule has 7 heteroatoms. The van der Waals surface area contributed by atoms with Crippen molar-refractivity contribution in [3.8, 4) is 11.3 Å². The zero-order chi connectivity index (χ0) is 19.0. The van der Waals surface area contributed by atoms with E-state index in [2.05, 4.69) is 15.0 Å². The van der Waals surface area contributed by atoms with Gasteiger partial charge in [-0.2, -0.15) is 0 Å². The van der Waals surface area contributed by atoms with E-state index in [-0.39, 0.29) is 0 Å². The van der Waals surface area contributed by atoms with Gasteiger partial charge in [-0.25, -0.2) is 9.78 Å². The van der Waals surface area contributed by atoms with Gasteiger partial charge in [-0.15, -0.1) is 0 Å². The lowest BCUT2D eigenvalue weighted by molar-refractivity contribution is 0.111. The number of pyridine rings is 1. The minimum atomic E-state index is -0.560. The molecule has 134 valence electrons. The van der Waals surface area contributed by atoms with Crippen LogP contribution < -0.4 is 5.32 Å². The molecule has 4 aromatic rings. The first-order valence-electron chi connectivity index (χ1n) is 8.12. The second kappa shape index (κ2) is 6.74. The zero-order valence-electron chi connectivity index (χ0n) is 14.3. The summed E-state index contributed by atoms with van der Waals surface area (Å²) in [5.41, 5.74) is 2.76. The molecule has 2 aromatic carbocycles. The molecule has 4 rings (SSSR count). The van der Waals surface area contributed by atoms with Crippen LogP contribution in [-0.4, -0.2) is 28.9 Å². The normalized spacial score (nSPS) is 10.9. The van der Waals surface area contributed by atoms with Crippen molar-refractivity contribution in [2.45, 2.75) is 0 Å². The number of halogens is 1. The molecular weight excluding hydrogens is 366 g/mol. The van der Waals surface area contributed by atoms with Crippen LogP contribution in [0, 0.1) is 0 Å². The second-order valence-electron chi connectivity index (χ2n) is 5.87. The summed E-state index contributed by atoms with van der Waals surface area (Å²) in [7, 11) is 1.30. The van der Waals surface area contributed by atoms with Crippen molar-refractivity contribution < 1.29 is 14.3 Å². The number of carbonyl (C=O) groups excluding carboxylic acids is 2. The molecule has 1 N–H and O–H groups in total. The molecule has 0 aliphatic carbocycles. The quantitative estimate of drug-likeness (QED) is 0.519. The van der Waals surface area contributed by atoms with Gasteiger partial charge in [0.25, 0.3) is 0 Å². The maximum atomic E-state index is 11.8. The lowest BCUT2D eigenvalue weighted by Gasteiger charge is -2.06. The average Bonchev–Trinajstić information content (AvgIpc) is 3.07. The van der Waals surface area contributed by atoms with E-state index in [1.807, 2.05) is 30.3 Å². The average molecular weight is 380 g/mol. The van der Waals surface area contributed by atoms with Gasteiger partial charge in [0.05, 0.1) is 12.1 Å². The summed E-state index contributed by atoms with van der Waals surface area (Å²) < 4.78 is 6.35. The Kier molecular flexibility index (Phi) is 4.25. The molecule has 0 radical (unpaired) electrons. The van der Waals surface area contributed by atoms with E-state index in [0.29, 0.717) is 33.3 Å². The predicted octanol–water partition coefficient (Wildman–Crippen LogP) is 4.80. The van der Waals surface area contributed by atoms with Gasteiger partial charge in [0, 0.05) is 22.8 Å². The SMILES string of the molecule is COC(=O)Nc1ccc2ccn3c(C=O)c(-c4ccccc4Cl)nc3c2c1. The number of fused-ring (bicyclic) bond motifs is 3. The van der Waals surface area contributed by atoms with Crippen molar-refractivity contribution in [1.29, 1.82) is 0 Å². The fraction of sp³-hybridized carbons (Fsp3) is 0.0500. The highest BCUT2D eigenvalue weighted by molar-refractivity contribution is 6.33. The minimum Gasteiger partial charge on any atom is -0.453 e. The van der Waals surface area contributed by atoms with Crippen molar-refractivity contribution in [2.24, 2.45) is 0 Å². The number of nitrogens with one attached hydrogen (secondary N) is 1. The highest BCUT2D eigenvalue weighted by Gasteiger charge is 2.17. The molecule has 0 saturated heterocycles. The summed E-state index contributed by atoms with van der Waals surface area (Å²) in [4.78, 5) is 28.0. The van der Waals surface area contributed by atoms with Gasteiger partial charge >= 0.3 is 6.09 Å². The van der Waals surface area contributed by atoms with Crippen molar-refractivity contribution in [1.82, 2.24) is 9.38 Å². The Morgan fingerprint density at radius 1 is 1.22 bits per heavy atom. The monoisotopic (exact) mass is 379 g/mol. The summed E-state index contributed by atoms with van der Waals surface area (Å²) in [6, 6.07) is 14.6. The molecule has 6 nitrogen and oxygen atoms in total. The van der Waals surface area contributed by atoms with Crippen molar-refractivity contribution in [2.75, 3.05) is 12.4 Å². The standard InChI is InChI=1S/C20H14ClN3O3/c1-27-20(26)22-13-7-6-12-8-9-24-17(11-25)18(23-19(24)15(12)10-13)14-4-2-3-5-16(14)21/h2-11H,1H3,(H,22,26). The molecule has 0 fully saturated rings. The molecule has 0 saturated carbocycles. The number of benzene rings is 2. The maximum Gasteiger partial charge on any atom is 0.411 e. The lowest BCUT2D eigenvalue weighted by Crippen LogP contribution is -2.10. The number of nitrogens with zero attached hydrogens (tertiary/aromatic N) is 2. The second-order valence-corrected chi connectivity index (χ2v) is 6.28. The van der Waals surface area contributed by atoms with Gasteiger partial charge in [-0.05, 0) is 29.7 Å². The molecule has 0 bridgehead atoms. The molecule has 2 aromatic heterocycles. The highest BCUT2D eigenvalue weighted by Crippen LogP contribution is 2.32. The number of ether oxygens (including phenoxy) is 1. The van der Waals surface area contributed by atoms with Gasteiger partial charge in [0.2, 0.25) is 0 Å². The number of hydrogen-bond acceptors (Lipinski definition) is 4. The van der Waals surface area contributed by atoms with Crippen LogP contribution in [0.3, 0.4) is 0 Å². The maximum absolute atomic E-state index is 11.8. The molecule has 0 atom stereocenters. The third-order valence-electron chi connectivity index (χ3n) is 4.32. The Hall–Kier alpha value is -3.38. The van der Waals surface area contributed by atoms with Gasteiger partial charge in [-0.3, -0.25) is 14.5 Å². The summed E-state index contributed by atoms with van der Waals surface area (Å²) in [6.45, 7) is 0. The Labute approximate surface area is 159 Å². The molecule has 1 amide bonds. The van der Waals surface area contributed by atoms with E-state index < -0.39 is 6.09 Å². The number of methoxy groups -OCH3 is 1. The van der Waals surface area contributed by atoms with Crippen LogP contribution in [0.15, 0.2) is 54.7 Å². The van der Waals surface area contributed by atoms with Crippen LogP contribution >= 0.6 is 11.6 Å². The van der Waals surface area contributed by atoms with E-state index in [1.165, 1.54) is 7.11 Å². The highest BCUT2D eigenvalue weighted by atomic mass is 35.5. The van der Waals surface area contributed by atoms with Crippen LogP contribution in [0.1, 0.15) is 10.5 Å². The van der Waals surface area contributed by atoms with Crippen LogP contribution in [0.2, 0.25) is 5.02 Å². The van der Waals surface area contributed by atoms with Crippen LogP contribution in [-0.2, 0) is 4.74 Å². The Balaban J connectivity index is 1.99. The number of rotatable bonds is 3. The molecule has 0 unspecified atom stereocenters. The molecular formula is C20H14ClN3O3. The number of aromatic nitrogens is 2. The van der Waals surface area contributed by atoms with E-state index >= 15 is 0 Å². The van der Waals surface area contributed by atoms with Gasteiger partial charge in [0.1, 0.15) is 17.0 Å². The van der Waals surface area contributed by atoms with Crippen molar-refractivity contribution >= 4 is 46.1 Å². The topological polar surface area (TPSA) is 72.7 Å². The predicted molar refractivity (Wildman–Crippen MR) is 105 cm³/mol. The summed E-state index contributed by atoms with van der Waals surface area (Å²) in [6.07, 6.45) is 2.00. The van der Waals surface area contributed by atoms with Crippen molar-refractivity contribution in [3.05, 3.63) is 65.4 Å². The number of anilines is 1. The fourth-order valence-electron chi connectivity index (χ4n) is 3.05. The molecule has 27 heavy (non-hydrogen) atoms. The van der Waals surface area contributed by atoms with Crippen LogP contribution in [0.5, 0.6) is 0 Å². The van der Waals surface area contributed by atoms with E-state index in [9.17, 15) is 9.59 Å². The molecule has 0 aliphatic rings. The van der Waals surface area contributed by atoms with Gasteiger partial charge in [-0.1, -0.05) is 35.9 Å². The molecule has 0 aliphatic heterocycles. The van der Waals surface area contributed by atoms with Gasteiger partial charge < -0.3 is 4.74 Å². The molecule has 2 heterocycles. The Bertz CT molecular complexity index is 1200. The lowest BCUT2D eigenvalue weighted by atomic mass is 10.1. The Morgan fingerprint density at radius 2 is 2.04 bits per heavy atom. The Morgan fingerprint density at radius 3 is 2.78 bits per heavy atom. The number of amides is 1. The number of carbonyl (C=O) groups is 2. The number of aldehydes is 1. The third-order valence-corrected chi connectivity index (χ3v) is 4.65. The zero-order valence-corrected chi connectivity index (χ0v) is 15.0. The summed E-state index contributed by atoms with van der Waals surface area (Å²) >= 11 is 6.31. The largest absolute Gasteiger partial charge is 0.453 e.